The van der Waals surface area contributed by atoms with Crippen molar-refractivity contribution in [2.24, 2.45) is 5.41 Å². The number of halogens is 1. The summed E-state index contributed by atoms with van der Waals surface area (Å²) in [5, 5.41) is 13.2. The lowest BCUT2D eigenvalue weighted by Crippen LogP contribution is -2.48. The number of carbonyl (C=O) groups excluding carboxylic acids is 1. The van der Waals surface area contributed by atoms with Crippen molar-refractivity contribution in [3.05, 3.63) is 35.5 Å². The van der Waals surface area contributed by atoms with Gasteiger partial charge in [0, 0.05) is 11.6 Å². The van der Waals surface area contributed by atoms with Crippen molar-refractivity contribution >= 4 is 40.1 Å². The van der Waals surface area contributed by atoms with Gasteiger partial charge in [0.25, 0.3) is 0 Å². The maximum Gasteiger partial charge on any atom is 0.319 e. The first kappa shape index (κ1) is 13.8. The monoisotopic (exact) mass is 304 g/mol. The highest BCUT2D eigenvalue weighted by Gasteiger charge is 2.51. The van der Waals surface area contributed by atoms with Crippen molar-refractivity contribution in [1.29, 1.82) is 0 Å². The molecule has 0 bridgehead atoms. The van der Waals surface area contributed by atoms with Crippen LogP contribution in [0.1, 0.15) is 19.3 Å². The Morgan fingerprint density at radius 2 is 2.05 bits per heavy atom. The summed E-state index contributed by atoms with van der Waals surface area (Å²) in [6, 6.07) is 6.86. The topological polar surface area (TPSA) is 79.3 Å². The largest absolute Gasteiger partial charge is 0.480 e. The molecule has 0 saturated heterocycles. The van der Waals surface area contributed by atoms with Crippen LogP contribution in [0.15, 0.2) is 30.5 Å². The Bertz CT molecular complexity index is 741. The second-order valence-electron chi connectivity index (χ2n) is 5.19. The number of nitrogens with one attached hydrogen (secondary N) is 1. The number of hydrogen-bond acceptors (Lipinski definition) is 3. The van der Waals surface area contributed by atoms with Crippen LogP contribution >= 0.6 is 11.6 Å². The molecule has 108 valence electrons. The second kappa shape index (κ2) is 5.00. The van der Waals surface area contributed by atoms with E-state index in [0.29, 0.717) is 29.1 Å². The van der Waals surface area contributed by atoms with Crippen LogP contribution in [0.25, 0.3) is 10.9 Å². The summed E-state index contributed by atoms with van der Waals surface area (Å²) in [6.07, 6.45) is 3.09. The summed E-state index contributed by atoms with van der Waals surface area (Å²) in [5.74, 6) is -1.56. The van der Waals surface area contributed by atoms with Crippen LogP contribution in [-0.2, 0) is 9.59 Å². The van der Waals surface area contributed by atoms with E-state index in [2.05, 4.69) is 10.3 Å². The lowest BCUT2D eigenvalue weighted by Gasteiger charge is -2.35. The Hall–Kier alpha value is -2.14. The summed E-state index contributed by atoms with van der Waals surface area (Å²) in [7, 11) is 0. The van der Waals surface area contributed by atoms with Crippen LogP contribution in [0.4, 0.5) is 5.69 Å². The van der Waals surface area contributed by atoms with E-state index in [9.17, 15) is 14.7 Å². The van der Waals surface area contributed by atoms with E-state index in [1.54, 1.807) is 30.5 Å². The summed E-state index contributed by atoms with van der Waals surface area (Å²) in [4.78, 5) is 27.9. The zero-order chi connectivity index (χ0) is 15.0. The van der Waals surface area contributed by atoms with Gasteiger partial charge in [-0.3, -0.25) is 14.6 Å². The maximum atomic E-state index is 12.3. The molecule has 1 saturated carbocycles. The molecule has 1 aliphatic rings. The van der Waals surface area contributed by atoms with Gasteiger partial charge in [0.2, 0.25) is 5.91 Å². The van der Waals surface area contributed by atoms with E-state index in [1.807, 2.05) is 0 Å². The maximum absolute atomic E-state index is 12.3. The minimum atomic E-state index is -1.30. The second-order valence-corrected chi connectivity index (χ2v) is 5.60. The fraction of sp³-hybridized carbons (Fsp3) is 0.267. The number of aliphatic carboxylic acids is 1. The molecule has 1 amide bonds. The summed E-state index contributed by atoms with van der Waals surface area (Å²) >= 11 is 6.10. The number of carboxylic acid groups (broad SMARTS) is 1. The third-order valence-electron chi connectivity index (χ3n) is 4.02. The molecule has 1 aromatic heterocycles. The van der Waals surface area contributed by atoms with Gasteiger partial charge >= 0.3 is 5.97 Å². The first-order valence-electron chi connectivity index (χ1n) is 6.63. The van der Waals surface area contributed by atoms with Gasteiger partial charge in [-0.25, -0.2) is 0 Å². The molecule has 0 aliphatic heterocycles. The molecule has 5 nitrogen and oxygen atoms in total. The highest BCUT2D eigenvalue weighted by Crippen LogP contribution is 2.42. The number of carboxylic acids is 1. The molecule has 1 aliphatic carbocycles. The lowest BCUT2D eigenvalue weighted by molar-refractivity contribution is -0.159. The summed E-state index contributed by atoms with van der Waals surface area (Å²) in [6.45, 7) is 0. The van der Waals surface area contributed by atoms with Crippen LogP contribution in [0.5, 0.6) is 0 Å². The molecule has 1 heterocycles. The average molecular weight is 305 g/mol. The standard InChI is InChI=1S/C15H13ClN2O3/c16-10-4-5-11(12-9(10)3-1-8-17-12)18-13(19)15(14(20)21)6-2-7-15/h1,3-5,8H,2,6-7H2,(H,18,19)(H,20,21). The van der Waals surface area contributed by atoms with Crippen molar-refractivity contribution in [2.45, 2.75) is 19.3 Å². The van der Waals surface area contributed by atoms with Gasteiger partial charge in [0.15, 0.2) is 0 Å². The van der Waals surface area contributed by atoms with Gasteiger partial charge in [-0.05, 0) is 37.1 Å². The zero-order valence-corrected chi connectivity index (χ0v) is 11.9. The molecule has 2 N–H and O–H groups in total. The Morgan fingerprint density at radius 3 is 2.67 bits per heavy atom. The number of hydrogen-bond donors (Lipinski definition) is 2. The molecular formula is C15H13ClN2O3. The van der Waals surface area contributed by atoms with Crippen LogP contribution in [-0.4, -0.2) is 22.0 Å². The fourth-order valence-electron chi connectivity index (χ4n) is 2.55. The van der Waals surface area contributed by atoms with Gasteiger partial charge in [-0.2, -0.15) is 0 Å². The highest BCUT2D eigenvalue weighted by molar-refractivity contribution is 6.36. The number of amides is 1. The van der Waals surface area contributed by atoms with Crippen molar-refractivity contribution in [1.82, 2.24) is 4.98 Å². The van der Waals surface area contributed by atoms with Gasteiger partial charge in [0.05, 0.1) is 16.2 Å². The predicted octanol–water partition coefficient (Wildman–Crippen LogP) is 3.08. The first-order valence-corrected chi connectivity index (χ1v) is 7.00. The van der Waals surface area contributed by atoms with Crippen molar-refractivity contribution < 1.29 is 14.7 Å². The lowest BCUT2D eigenvalue weighted by atomic mass is 9.68. The van der Waals surface area contributed by atoms with Gasteiger partial charge in [-0.15, -0.1) is 0 Å². The SMILES string of the molecule is O=C(O)C1(C(=O)Nc2ccc(Cl)c3cccnc23)CCC1. The third-order valence-corrected chi connectivity index (χ3v) is 4.35. The first-order chi connectivity index (χ1) is 10.0. The zero-order valence-electron chi connectivity index (χ0n) is 11.1. The van der Waals surface area contributed by atoms with E-state index in [-0.39, 0.29) is 0 Å². The number of anilines is 1. The molecule has 0 unspecified atom stereocenters. The molecule has 2 aromatic rings. The van der Waals surface area contributed by atoms with Crippen molar-refractivity contribution in [3.8, 4) is 0 Å². The third kappa shape index (κ3) is 2.14. The molecule has 0 radical (unpaired) electrons. The molecule has 1 fully saturated rings. The Morgan fingerprint density at radius 1 is 1.29 bits per heavy atom. The molecule has 0 spiro atoms. The highest BCUT2D eigenvalue weighted by atomic mass is 35.5. The Labute approximate surface area is 125 Å². The van der Waals surface area contributed by atoms with Crippen molar-refractivity contribution in [3.63, 3.8) is 0 Å². The van der Waals surface area contributed by atoms with Gasteiger partial charge < -0.3 is 10.4 Å². The van der Waals surface area contributed by atoms with Crippen LogP contribution in [0.3, 0.4) is 0 Å². The normalized spacial score (nSPS) is 16.2. The van der Waals surface area contributed by atoms with E-state index in [4.69, 9.17) is 11.6 Å². The van der Waals surface area contributed by atoms with E-state index in [0.717, 1.165) is 11.8 Å². The molecule has 0 atom stereocenters. The van der Waals surface area contributed by atoms with Crippen LogP contribution in [0, 0.1) is 5.41 Å². The number of aromatic nitrogens is 1. The molecule has 3 rings (SSSR count). The van der Waals surface area contributed by atoms with E-state index in [1.165, 1.54) is 0 Å². The number of benzene rings is 1. The quantitative estimate of drug-likeness (QED) is 0.854. The fourth-order valence-corrected chi connectivity index (χ4v) is 2.76. The van der Waals surface area contributed by atoms with E-state index >= 15 is 0 Å². The number of pyridine rings is 1. The minimum Gasteiger partial charge on any atom is -0.480 e. The Kier molecular flexibility index (Phi) is 3.29. The minimum absolute atomic E-state index is 0.368. The smallest absolute Gasteiger partial charge is 0.319 e. The van der Waals surface area contributed by atoms with Crippen molar-refractivity contribution in [2.75, 3.05) is 5.32 Å². The number of fused-ring (bicyclic) bond motifs is 1. The van der Waals surface area contributed by atoms with Gasteiger partial charge in [0.1, 0.15) is 5.41 Å². The molecule has 6 heteroatoms. The number of rotatable bonds is 3. The van der Waals surface area contributed by atoms with Crippen LogP contribution < -0.4 is 5.32 Å². The Balaban J connectivity index is 1.97. The predicted molar refractivity (Wildman–Crippen MR) is 79.3 cm³/mol. The number of nitrogens with zero attached hydrogens (tertiary/aromatic N) is 1. The molecule has 21 heavy (non-hydrogen) atoms. The van der Waals surface area contributed by atoms with E-state index < -0.39 is 17.3 Å². The van der Waals surface area contributed by atoms with Gasteiger partial charge in [-0.1, -0.05) is 18.0 Å². The van der Waals surface area contributed by atoms with Crippen LogP contribution in [0.2, 0.25) is 5.02 Å². The molecule has 1 aromatic carbocycles. The summed E-state index contributed by atoms with van der Waals surface area (Å²) < 4.78 is 0. The molecular weight excluding hydrogens is 292 g/mol. The summed E-state index contributed by atoms with van der Waals surface area (Å²) in [5.41, 5.74) is -0.272. The number of carbonyl (C=O) groups is 2. The average Bonchev–Trinajstić information content (AvgIpc) is 2.40.